The zero-order chi connectivity index (χ0) is 14.7. The lowest BCUT2D eigenvalue weighted by Gasteiger charge is -2.34. The first-order valence-corrected chi connectivity index (χ1v) is 6.79. The maximum Gasteiger partial charge on any atom is 0.226 e. The van der Waals surface area contributed by atoms with E-state index in [-0.39, 0.29) is 0 Å². The predicted octanol–water partition coefficient (Wildman–Crippen LogP) is 0.773. The molecule has 1 saturated heterocycles. The zero-order valence-electron chi connectivity index (χ0n) is 11.8. The van der Waals surface area contributed by atoms with Gasteiger partial charge < -0.3 is 9.80 Å². The molecule has 0 spiro atoms. The number of nitriles is 1. The largest absolute Gasteiger partial charge is 0.337 e. The second-order valence-electron chi connectivity index (χ2n) is 4.83. The summed E-state index contributed by atoms with van der Waals surface area (Å²) in [6.45, 7) is 5.06. The quantitative estimate of drug-likeness (QED) is 0.804. The van der Waals surface area contributed by atoms with Crippen LogP contribution in [0.25, 0.3) is 0 Å². The van der Waals surface area contributed by atoms with Gasteiger partial charge in [-0.3, -0.25) is 0 Å². The predicted molar refractivity (Wildman–Crippen MR) is 77.9 cm³/mol. The Kier molecular flexibility index (Phi) is 3.60. The van der Waals surface area contributed by atoms with Crippen molar-refractivity contribution in [2.45, 2.75) is 6.92 Å². The minimum atomic E-state index is 0.409. The average Bonchev–Trinajstić information content (AvgIpc) is 2.55. The molecule has 1 aliphatic rings. The van der Waals surface area contributed by atoms with E-state index in [1.54, 1.807) is 18.5 Å². The summed E-state index contributed by atoms with van der Waals surface area (Å²) in [5.74, 6) is 1.38. The average molecular weight is 281 g/mol. The van der Waals surface area contributed by atoms with Crippen molar-refractivity contribution in [3.8, 4) is 6.07 Å². The molecule has 0 amide bonds. The van der Waals surface area contributed by atoms with Crippen molar-refractivity contribution in [1.82, 2.24) is 19.9 Å². The lowest BCUT2D eigenvalue weighted by molar-refractivity contribution is 0.627. The molecule has 2 aromatic rings. The summed E-state index contributed by atoms with van der Waals surface area (Å²) in [5, 5.41) is 8.99. The van der Waals surface area contributed by atoms with Crippen molar-refractivity contribution in [1.29, 1.82) is 5.26 Å². The van der Waals surface area contributed by atoms with Gasteiger partial charge in [-0.15, -0.1) is 0 Å². The molecule has 2 aromatic heterocycles. The molecule has 0 aliphatic carbocycles. The Hall–Kier alpha value is -2.75. The maximum absolute atomic E-state index is 8.99. The van der Waals surface area contributed by atoms with Crippen molar-refractivity contribution >= 4 is 11.9 Å². The Labute approximate surface area is 122 Å². The summed E-state index contributed by atoms with van der Waals surface area (Å²) in [6, 6.07) is 5.58. The molecule has 0 bridgehead atoms. The van der Waals surface area contributed by atoms with Gasteiger partial charge in [0.25, 0.3) is 0 Å². The second kappa shape index (κ2) is 5.71. The molecule has 3 heterocycles. The highest BCUT2D eigenvalue weighted by Gasteiger charge is 2.21. The fourth-order valence-corrected chi connectivity index (χ4v) is 2.31. The van der Waals surface area contributed by atoms with Gasteiger partial charge >= 0.3 is 0 Å². The van der Waals surface area contributed by atoms with Gasteiger partial charge in [-0.25, -0.2) is 19.9 Å². The number of piperazine rings is 1. The van der Waals surface area contributed by atoms with Crippen LogP contribution in [0.15, 0.2) is 24.5 Å². The number of hydrogen-bond donors (Lipinski definition) is 0. The molecule has 0 radical (unpaired) electrons. The molecule has 1 fully saturated rings. The first kappa shape index (κ1) is 13.2. The first-order chi connectivity index (χ1) is 10.3. The van der Waals surface area contributed by atoms with Crippen LogP contribution in [-0.2, 0) is 0 Å². The van der Waals surface area contributed by atoms with Crippen LogP contribution in [0.1, 0.15) is 11.4 Å². The molecule has 0 atom stereocenters. The molecule has 21 heavy (non-hydrogen) atoms. The highest BCUT2D eigenvalue weighted by atomic mass is 15.3. The number of anilines is 2. The number of hydrogen-bond acceptors (Lipinski definition) is 7. The summed E-state index contributed by atoms with van der Waals surface area (Å²) < 4.78 is 0. The van der Waals surface area contributed by atoms with E-state index in [9.17, 15) is 0 Å². The normalized spacial score (nSPS) is 14.9. The molecule has 106 valence electrons. The van der Waals surface area contributed by atoms with Gasteiger partial charge in [-0.2, -0.15) is 5.26 Å². The summed E-state index contributed by atoms with van der Waals surface area (Å²) in [6.07, 6.45) is 3.50. The van der Waals surface area contributed by atoms with Crippen molar-refractivity contribution in [3.05, 3.63) is 35.9 Å². The van der Waals surface area contributed by atoms with Gasteiger partial charge in [-0.1, -0.05) is 0 Å². The highest BCUT2D eigenvalue weighted by Crippen LogP contribution is 2.15. The lowest BCUT2D eigenvalue weighted by atomic mass is 10.3. The van der Waals surface area contributed by atoms with Crippen molar-refractivity contribution in [3.63, 3.8) is 0 Å². The van der Waals surface area contributed by atoms with Gasteiger partial charge in [0.15, 0.2) is 0 Å². The van der Waals surface area contributed by atoms with Crippen LogP contribution in [0.2, 0.25) is 0 Å². The molecule has 3 rings (SSSR count). The topological polar surface area (TPSA) is 81.8 Å². The third-order valence-corrected chi connectivity index (χ3v) is 3.35. The molecule has 0 unspecified atom stereocenters. The van der Waals surface area contributed by atoms with Gasteiger partial charge in [0.2, 0.25) is 11.9 Å². The summed E-state index contributed by atoms with van der Waals surface area (Å²) in [7, 11) is 0. The molecule has 0 aromatic carbocycles. The van der Waals surface area contributed by atoms with Crippen LogP contribution in [0.4, 0.5) is 11.9 Å². The van der Waals surface area contributed by atoms with Gasteiger partial charge in [-0.05, 0) is 19.1 Å². The number of nitrogens with zero attached hydrogens (tertiary/aromatic N) is 7. The van der Waals surface area contributed by atoms with Crippen LogP contribution in [0.3, 0.4) is 0 Å². The SMILES string of the molecule is Cc1cc(C#N)nc(N2CCN(c3ncccn3)CC2)n1. The van der Waals surface area contributed by atoms with E-state index in [1.165, 1.54) is 0 Å². The van der Waals surface area contributed by atoms with Crippen LogP contribution in [-0.4, -0.2) is 46.1 Å². The number of aromatic nitrogens is 4. The molecular weight excluding hydrogens is 266 g/mol. The fraction of sp³-hybridized carbons (Fsp3) is 0.357. The third kappa shape index (κ3) is 2.89. The van der Waals surface area contributed by atoms with Crippen LogP contribution < -0.4 is 9.80 Å². The first-order valence-electron chi connectivity index (χ1n) is 6.79. The zero-order valence-corrected chi connectivity index (χ0v) is 11.8. The highest BCUT2D eigenvalue weighted by molar-refractivity contribution is 5.40. The maximum atomic E-state index is 8.99. The Morgan fingerprint density at radius 3 is 2.24 bits per heavy atom. The summed E-state index contributed by atoms with van der Waals surface area (Å²) in [5.41, 5.74) is 1.22. The molecular formula is C14H15N7. The number of rotatable bonds is 2. The Morgan fingerprint density at radius 2 is 1.62 bits per heavy atom. The van der Waals surface area contributed by atoms with Crippen LogP contribution in [0.5, 0.6) is 0 Å². The van der Waals surface area contributed by atoms with Crippen molar-refractivity contribution in [2.24, 2.45) is 0 Å². The van der Waals surface area contributed by atoms with Crippen LogP contribution >= 0.6 is 0 Å². The molecule has 0 saturated carbocycles. The van der Waals surface area contributed by atoms with E-state index in [2.05, 4.69) is 35.8 Å². The Morgan fingerprint density at radius 1 is 1.00 bits per heavy atom. The second-order valence-corrected chi connectivity index (χ2v) is 4.83. The van der Waals surface area contributed by atoms with E-state index < -0.39 is 0 Å². The van der Waals surface area contributed by atoms with Gasteiger partial charge in [0, 0.05) is 44.3 Å². The van der Waals surface area contributed by atoms with E-state index in [4.69, 9.17) is 5.26 Å². The molecule has 0 N–H and O–H groups in total. The monoisotopic (exact) mass is 281 g/mol. The Balaban J connectivity index is 1.71. The third-order valence-electron chi connectivity index (χ3n) is 3.35. The smallest absolute Gasteiger partial charge is 0.226 e. The van der Waals surface area contributed by atoms with E-state index in [0.717, 1.165) is 37.8 Å². The van der Waals surface area contributed by atoms with Gasteiger partial charge in [0.1, 0.15) is 11.8 Å². The summed E-state index contributed by atoms with van der Waals surface area (Å²) in [4.78, 5) is 21.4. The van der Waals surface area contributed by atoms with E-state index >= 15 is 0 Å². The lowest BCUT2D eigenvalue weighted by Crippen LogP contribution is -2.47. The standard InChI is InChI=1S/C14H15N7/c1-11-9-12(10-15)19-14(18-11)21-7-5-20(6-8-21)13-16-3-2-4-17-13/h2-4,9H,5-8H2,1H3. The molecule has 7 nitrogen and oxygen atoms in total. The fourth-order valence-electron chi connectivity index (χ4n) is 2.31. The van der Waals surface area contributed by atoms with Crippen molar-refractivity contribution in [2.75, 3.05) is 36.0 Å². The van der Waals surface area contributed by atoms with E-state index in [1.807, 2.05) is 13.0 Å². The van der Waals surface area contributed by atoms with Crippen molar-refractivity contribution < 1.29 is 0 Å². The van der Waals surface area contributed by atoms with Crippen LogP contribution in [0, 0.1) is 18.3 Å². The van der Waals surface area contributed by atoms with E-state index in [0.29, 0.717) is 11.6 Å². The Bertz CT molecular complexity index is 657. The number of aryl methyl sites for hydroxylation is 1. The molecule has 7 heteroatoms. The summed E-state index contributed by atoms with van der Waals surface area (Å²) >= 11 is 0. The minimum Gasteiger partial charge on any atom is -0.337 e. The minimum absolute atomic E-state index is 0.409. The molecule has 1 aliphatic heterocycles. The van der Waals surface area contributed by atoms with Gasteiger partial charge in [0.05, 0.1) is 0 Å².